The molecule has 100 valence electrons. The molecule has 1 amide bonds. The lowest BCUT2D eigenvalue weighted by Gasteiger charge is -2.27. The van der Waals surface area contributed by atoms with Crippen LogP contribution in [-0.2, 0) is 4.79 Å². The van der Waals surface area contributed by atoms with E-state index < -0.39 is 0 Å². The van der Waals surface area contributed by atoms with E-state index in [1.807, 2.05) is 0 Å². The Labute approximate surface area is 105 Å². The summed E-state index contributed by atoms with van der Waals surface area (Å²) >= 11 is 0. The first-order chi connectivity index (χ1) is 8.22. The van der Waals surface area contributed by atoms with Gasteiger partial charge in [-0.3, -0.25) is 9.69 Å². The van der Waals surface area contributed by atoms with E-state index in [9.17, 15) is 4.79 Å². The number of piperidine rings is 1. The highest BCUT2D eigenvalue weighted by molar-refractivity contribution is 5.75. The van der Waals surface area contributed by atoms with Gasteiger partial charge in [0, 0.05) is 12.6 Å². The third kappa shape index (κ3) is 6.64. The van der Waals surface area contributed by atoms with E-state index in [4.69, 9.17) is 5.73 Å². The highest BCUT2D eigenvalue weighted by Crippen LogP contribution is 2.10. The number of rotatable bonds is 8. The first-order valence-electron chi connectivity index (χ1n) is 6.96. The van der Waals surface area contributed by atoms with Crippen LogP contribution in [0, 0.1) is 0 Å². The molecule has 1 fully saturated rings. The highest BCUT2D eigenvalue weighted by Gasteiger charge is 2.14. The second-order valence-electron chi connectivity index (χ2n) is 5.03. The minimum atomic E-state index is -0.210. The third-order valence-corrected chi connectivity index (χ3v) is 3.41. The van der Waals surface area contributed by atoms with Gasteiger partial charge in [0.2, 0.25) is 5.91 Å². The highest BCUT2D eigenvalue weighted by atomic mass is 16.1. The van der Waals surface area contributed by atoms with Crippen LogP contribution in [0.4, 0.5) is 0 Å². The van der Waals surface area contributed by atoms with Crippen LogP contribution in [-0.4, -0.2) is 43.0 Å². The Morgan fingerprint density at radius 1 is 1.41 bits per heavy atom. The molecule has 1 aliphatic heterocycles. The van der Waals surface area contributed by atoms with E-state index in [0.29, 0.717) is 12.6 Å². The predicted octanol–water partition coefficient (Wildman–Crippen LogP) is 1.11. The minimum absolute atomic E-state index is 0.210. The molecule has 0 aliphatic carbocycles. The van der Waals surface area contributed by atoms with Crippen LogP contribution in [0.2, 0.25) is 0 Å². The molecule has 0 spiro atoms. The van der Waals surface area contributed by atoms with E-state index in [1.54, 1.807) is 0 Å². The molecule has 17 heavy (non-hydrogen) atoms. The minimum Gasteiger partial charge on any atom is -0.369 e. The van der Waals surface area contributed by atoms with Gasteiger partial charge in [0.25, 0.3) is 0 Å². The van der Waals surface area contributed by atoms with E-state index >= 15 is 0 Å². The summed E-state index contributed by atoms with van der Waals surface area (Å²) in [5.41, 5.74) is 5.28. The molecule has 1 atom stereocenters. The molecular formula is C13H27N3O. The number of carbonyl (C=O) groups is 1. The second kappa shape index (κ2) is 8.48. The molecule has 1 rings (SSSR count). The van der Waals surface area contributed by atoms with Crippen LogP contribution < -0.4 is 11.1 Å². The average molecular weight is 241 g/mol. The summed E-state index contributed by atoms with van der Waals surface area (Å²) in [6.45, 7) is 5.71. The summed E-state index contributed by atoms with van der Waals surface area (Å²) in [6.07, 6.45) is 7.36. The fourth-order valence-electron chi connectivity index (χ4n) is 2.38. The largest absolute Gasteiger partial charge is 0.369 e. The summed E-state index contributed by atoms with van der Waals surface area (Å²) in [6, 6.07) is 0.640. The maximum absolute atomic E-state index is 11.0. The summed E-state index contributed by atoms with van der Waals surface area (Å²) in [4.78, 5) is 13.2. The average Bonchev–Trinajstić information content (AvgIpc) is 2.33. The number of primary amides is 1. The lowest BCUT2D eigenvalue weighted by Crippen LogP contribution is -2.40. The molecule has 0 aromatic rings. The van der Waals surface area contributed by atoms with Crippen molar-refractivity contribution in [2.45, 2.75) is 51.5 Å². The van der Waals surface area contributed by atoms with Gasteiger partial charge in [-0.05, 0) is 38.8 Å². The number of amides is 1. The van der Waals surface area contributed by atoms with Crippen LogP contribution in [0.5, 0.6) is 0 Å². The van der Waals surface area contributed by atoms with E-state index in [0.717, 1.165) is 38.9 Å². The molecule has 1 heterocycles. The number of nitrogens with zero attached hydrogens (tertiary/aromatic N) is 1. The van der Waals surface area contributed by atoms with Crippen molar-refractivity contribution in [2.24, 2.45) is 5.73 Å². The Morgan fingerprint density at radius 3 is 2.82 bits per heavy atom. The molecule has 4 heteroatoms. The normalized spacial score (nSPS) is 20.7. The standard InChI is InChI=1S/C13H27N3O/c1-2-3-9-16(11-13(14)17)10-7-12-6-4-5-8-15-12/h12,15H,2-11H2,1H3,(H2,14,17). The molecular weight excluding hydrogens is 214 g/mol. The summed E-state index contributed by atoms with van der Waals surface area (Å²) < 4.78 is 0. The number of nitrogens with two attached hydrogens (primary N) is 1. The SMILES string of the molecule is CCCCN(CCC1CCCCN1)CC(N)=O. The first-order valence-corrected chi connectivity index (χ1v) is 6.96. The molecule has 4 nitrogen and oxygen atoms in total. The molecule has 1 saturated heterocycles. The Morgan fingerprint density at radius 2 is 2.24 bits per heavy atom. The molecule has 0 aromatic heterocycles. The van der Waals surface area contributed by atoms with Gasteiger partial charge in [-0.15, -0.1) is 0 Å². The number of hydrogen-bond donors (Lipinski definition) is 2. The quantitative estimate of drug-likeness (QED) is 0.669. The van der Waals surface area contributed by atoms with Crippen LogP contribution in [0.1, 0.15) is 45.4 Å². The zero-order valence-corrected chi connectivity index (χ0v) is 11.1. The molecule has 0 radical (unpaired) electrons. The van der Waals surface area contributed by atoms with Crippen LogP contribution in [0.3, 0.4) is 0 Å². The van der Waals surface area contributed by atoms with Gasteiger partial charge in [0.15, 0.2) is 0 Å². The van der Waals surface area contributed by atoms with Crippen LogP contribution >= 0.6 is 0 Å². The number of nitrogens with one attached hydrogen (secondary N) is 1. The lowest BCUT2D eigenvalue weighted by molar-refractivity contribution is -0.119. The van der Waals surface area contributed by atoms with Crippen molar-refractivity contribution < 1.29 is 4.79 Å². The Balaban J connectivity index is 2.23. The van der Waals surface area contributed by atoms with E-state index in [-0.39, 0.29) is 5.91 Å². The smallest absolute Gasteiger partial charge is 0.231 e. The van der Waals surface area contributed by atoms with Gasteiger partial charge in [-0.25, -0.2) is 0 Å². The monoisotopic (exact) mass is 241 g/mol. The Hall–Kier alpha value is -0.610. The van der Waals surface area contributed by atoms with Gasteiger partial charge in [-0.1, -0.05) is 19.8 Å². The topological polar surface area (TPSA) is 58.4 Å². The van der Waals surface area contributed by atoms with Gasteiger partial charge in [0.1, 0.15) is 0 Å². The zero-order chi connectivity index (χ0) is 12.5. The zero-order valence-electron chi connectivity index (χ0n) is 11.1. The number of carbonyl (C=O) groups excluding carboxylic acids is 1. The van der Waals surface area contributed by atoms with Crippen molar-refractivity contribution in [3.63, 3.8) is 0 Å². The van der Waals surface area contributed by atoms with Crippen molar-refractivity contribution in [1.82, 2.24) is 10.2 Å². The van der Waals surface area contributed by atoms with Crippen LogP contribution in [0.15, 0.2) is 0 Å². The summed E-state index contributed by atoms with van der Waals surface area (Å²) in [5.74, 6) is -0.210. The molecule has 0 bridgehead atoms. The third-order valence-electron chi connectivity index (χ3n) is 3.41. The van der Waals surface area contributed by atoms with Gasteiger partial charge in [-0.2, -0.15) is 0 Å². The Bertz CT molecular complexity index is 215. The maximum Gasteiger partial charge on any atom is 0.231 e. The summed E-state index contributed by atoms with van der Waals surface area (Å²) in [7, 11) is 0. The first kappa shape index (κ1) is 14.5. The second-order valence-corrected chi connectivity index (χ2v) is 5.03. The van der Waals surface area contributed by atoms with E-state index in [2.05, 4.69) is 17.1 Å². The van der Waals surface area contributed by atoms with Crippen molar-refractivity contribution in [1.29, 1.82) is 0 Å². The van der Waals surface area contributed by atoms with Crippen molar-refractivity contribution in [2.75, 3.05) is 26.2 Å². The van der Waals surface area contributed by atoms with Crippen molar-refractivity contribution in [3.05, 3.63) is 0 Å². The molecule has 3 N–H and O–H groups in total. The summed E-state index contributed by atoms with van der Waals surface area (Å²) in [5, 5.41) is 3.54. The maximum atomic E-state index is 11.0. The molecule has 0 aromatic carbocycles. The fourth-order valence-corrected chi connectivity index (χ4v) is 2.38. The van der Waals surface area contributed by atoms with Crippen LogP contribution in [0.25, 0.3) is 0 Å². The molecule has 1 unspecified atom stereocenters. The Kier molecular flexibility index (Phi) is 7.21. The molecule has 1 aliphatic rings. The molecule has 0 saturated carbocycles. The fraction of sp³-hybridized carbons (Fsp3) is 0.923. The number of hydrogen-bond acceptors (Lipinski definition) is 3. The number of unbranched alkanes of at least 4 members (excludes halogenated alkanes) is 1. The van der Waals surface area contributed by atoms with Crippen molar-refractivity contribution >= 4 is 5.91 Å². The van der Waals surface area contributed by atoms with Gasteiger partial charge < -0.3 is 11.1 Å². The predicted molar refractivity (Wildman–Crippen MR) is 70.8 cm³/mol. The van der Waals surface area contributed by atoms with Crippen molar-refractivity contribution in [3.8, 4) is 0 Å². The van der Waals surface area contributed by atoms with Gasteiger partial charge >= 0.3 is 0 Å². The lowest BCUT2D eigenvalue weighted by atomic mass is 10.0. The van der Waals surface area contributed by atoms with Gasteiger partial charge in [0.05, 0.1) is 6.54 Å². The van der Waals surface area contributed by atoms with E-state index in [1.165, 1.54) is 19.3 Å².